The number of guanidine groups is 1. The molecule has 0 unspecified atom stereocenters. The lowest BCUT2D eigenvalue weighted by Crippen LogP contribution is -2.43. The Kier molecular flexibility index (Phi) is 6.93. The molecule has 2 N–H and O–H groups in total. The van der Waals surface area contributed by atoms with Crippen LogP contribution < -0.4 is 10.6 Å². The van der Waals surface area contributed by atoms with Gasteiger partial charge in [0.1, 0.15) is 9.84 Å². The monoisotopic (exact) mass is 328 g/mol. The molecule has 126 valence electrons. The Bertz CT molecular complexity index is 562. The van der Waals surface area contributed by atoms with Gasteiger partial charge in [-0.25, -0.2) is 8.42 Å². The molecule has 0 radical (unpaired) electrons. The second-order valence-corrected chi connectivity index (χ2v) is 8.58. The van der Waals surface area contributed by atoms with E-state index in [1.807, 2.05) is 24.5 Å². The Balaban J connectivity index is 2.33. The first-order valence-electron chi connectivity index (χ1n) is 7.45. The van der Waals surface area contributed by atoms with Gasteiger partial charge in [0.25, 0.3) is 0 Å². The molecule has 0 aliphatic heterocycles. The van der Waals surface area contributed by atoms with Gasteiger partial charge in [0.05, 0.1) is 5.75 Å². The number of aromatic nitrogens is 1. The molecule has 0 aliphatic rings. The highest BCUT2D eigenvalue weighted by Crippen LogP contribution is 2.19. The predicted octanol–water partition coefficient (Wildman–Crippen LogP) is 1.11. The summed E-state index contributed by atoms with van der Waals surface area (Å²) in [7, 11) is -1.19. The van der Waals surface area contributed by atoms with Crippen LogP contribution in [0, 0.1) is 5.41 Å². The van der Waals surface area contributed by atoms with Crippen molar-refractivity contribution in [2.24, 2.45) is 10.4 Å². The number of hydrogen-bond acceptors (Lipinski definition) is 3. The molecule has 22 heavy (non-hydrogen) atoms. The SMILES string of the molecule is CN=C(NCCn1cccc1)NCC(C)(C)CCS(C)(=O)=O. The largest absolute Gasteiger partial charge is 0.356 e. The molecule has 0 saturated carbocycles. The van der Waals surface area contributed by atoms with E-state index < -0.39 is 9.84 Å². The van der Waals surface area contributed by atoms with Crippen molar-refractivity contribution in [1.82, 2.24) is 15.2 Å². The highest BCUT2D eigenvalue weighted by molar-refractivity contribution is 7.90. The molecule has 0 bridgehead atoms. The molecule has 0 aliphatic carbocycles. The minimum atomic E-state index is -2.92. The highest BCUT2D eigenvalue weighted by Gasteiger charge is 2.20. The lowest BCUT2D eigenvalue weighted by atomic mass is 9.90. The summed E-state index contributed by atoms with van der Waals surface area (Å²) in [5.74, 6) is 0.945. The topological polar surface area (TPSA) is 75.5 Å². The van der Waals surface area contributed by atoms with E-state index in [2.05, 4.69) is 34.0 Å². The molecule has 7 heteroatoms. The lowest BCUT2D eigenvalue weighted by Gasteiger charge is -2.25. The summed E-state index contributed by atoms with van der Waals surface area (Å²) in [6, 6.07) is 3.99. The summed E-state index contributed by atoms with van der Waals surface area (Å²) in [5, 5.41) is 6.51. The van der Waals surface area contributed by atoms with Crippen molar-refractivity contribution in [3.63, 3.8) is 0 Å². The zero-order chi connectivity index (χ0) is 16.6. The minimum absolute atomic E-state index is 0.110. The Hall–Kier alpha value is -1.50. The van der Waals surface area contributed by atoms with E-state index in [1.165, 1.54) is 6.26 Å². The highest BCUT2D eigenvalue weighted by atomic mass is 32.2. The number of sulfone groups is 1. The van der Waals surface area contributed by atoms with Crippen LogP contribution in [0.2, 0.25) is 0 Å². The van der Waals surface area contributed by atoms with Gasteiger partial charge >= 0.3 is 0 Å². The molecule has 1 aromatic heterocycles. The standard InChI is InChI=1S/C15H28N4O2S/c1-15(2,7-12-22(4,20)21)13-18-14(16-3)17-8-11-19-9-5-6-10-19/h5-6,9-10H,7-8,11-13H2,1-4H3,(H2,16,17,18). The molecule has 1 aromatic rings. The van der Waals surface area contributed by atoms with Crippen LogP contribution in [0.3, 0.4) is 0 Å². The van der Waals surface area contributed by atoms with Crippen LogP contribution in [0.1, 0.15) is 20.3 Å². The molecule has 0 atom stereocenters. The summed E-state index contributed by atoms with van der Waals surface area (Å²) in [6.07, 6.45) is 5.94. The normalized spacial score (nSPS) is 13.2. The van der Waals surface area contributed by atoms with Gasteiger partial charge in [-0.1, -0.05) is 13.8 Å². The maximum absolute atomic E-state index is 11.3. The zero-order valence-electron chi connectivity index (χ0n) is 14.0. The summed E-state index contributed by atoms with van der Waals surface area (Å²) in [4.78, 5) is 4.19. The van der Waals surface area contributed by atoms with Gasteiger partial charge in [-0.2, -0.15) is 0 Å². The number of aliphatic imine (C=N–C) groups is 1. The van der Waals surface area contributed by atoms with E-state index in [4.69, 9.17) is 0 Å². The summed E-state index contributed by atoms with van der Waals surface area (Å²) in [6.45, 7) is 6.42. The van der Waals surface area contributed by atoms with Crippen molar-refractivity contribution in [1.29, 1.82) is 0 Å². The first kappa shape index (κ1) is 18.5. The van der Waals surface area contributed by atoms with Crippen LogP contribution in [-0.2, 0) is 16.4 Å². The third-order valence-electron chi connectivity index (χ3n) is 3.44. The number of rotatable bonds is 8. The van der Waals surface area contributed by atoms with E-state index >= 15 is 0 Å². The molecule has 6 nitrogen and oxygen atoms in total. The molecule has 0 aromatic carbocycles. The van der Waals surface area contributed by atoms with Crippen LogP contribution in [0.4, 0.5) is 0 Å². The van der Waals surface area contributed by atoms with E-state index in [9.17, 15) is 8.42 Å². The Labute approximate surface area is 133 Å². The molecule has 0 amide bonds. The van der Waals surface area contributed by atoms with Gasteiger partial charge < -0.3 is 15.2 Å². The molecule has 0 spiro atoms. The van der Waals surface area contributed by atoms with E-state index in [-0.39, 0.29) is 11.2 Å². The fraction of sp³-hybridized carbons (Fsp3) is 0.667. The third kappa shape index (κ3) is 8.07. The second kappa shape index (κ2) is 8.22. The van der Waals surface area contributed by atoms with Crippen molar-refractivity contribution in [2.45, 2.75) is 26.8 Å². The Morgan fingerprint density at radius 2 is 1.86 bits per heavy atom. The van der Waals surface area contributed by atoms with Crippen LogP contribution >= 0.6 is 0 Å². The van der Waals surface area contributed by atoms with Crippen molar-refractivity contribution in [3.05, 3.63) is 24.5 Å². The number of nitrogens with zero attached hydrogens (tertiary/aromatic N) is 2. The number of nitrogens with one attached hydrogen (secondary N) is 2. The molecule has 1 rings (SSSR count). The predicted molar refractivity (Wildman–Crippen MR) is 91.9 cm³/mol. The lowest BCUT2D eigenvalue weighted by molar-refractivity contribution is 0.348. The van der Waals surface area contributed by atoms with Gasteiger partial charge in [-0.3, -0.25) is 4.99 Å². The molecule has 1 heterocycles. The van der Waals surface area contributed by atoms with Crippen molar-refractivity contribution >= 4 is 15.8 Å². The van der Waals surface area contributed by atoms with Crippen LogP contribution in [0.5, 0.6) is 0 Å². The Morgan fingerprint density at radius 3 is 2.41 bits per heavy atom. The summed E-state index contributed by atoms with van der Waals surface area (Å²) < 4.78 is 24.6. The molecular weight excluding hydrogens is 300 g/mol. The number of hydrogen-bond donors (Lipinski definition) is 2. The molecule has 0 fully saturated rings. The second-order valence-electron chi connectivity index (χ2n) is 6.32. The smallest absolute Gasteiger partial charge is 0.191 e. The van der Waals surface area contributed by atoms with E-state index in [0.717, 1.165) is 19.0 Å². The minimum Gasteiger partial charge on any atom is -0.356 e. The van der Waals surface area contributed by atoms with E-state index in [0.29, 0.717) is 13.0 Å². The summed E-state index contributed by atoms with van der Waals surface area (Å²) >= 11 is 0. The zero-order valence-corrected chi connectivity index (χ0v) is 14.8. The molecule has 0 saturated heterocycles. The average Bonchev–Trinajstić information content (AvgIpc) is 2.93. The average molecular weight is 328 g/mol. The fourth-order valence-electron chi connectivity index (χ4n) is 1.92. The molecular formula is C15H28N4O2S. The maximum Gasteiger partial charge on any atom is 0.191 e. The summed E-state index contributed by atoms with van der Waals surface area (Å²) in [5.41, 5.74) is -0.110. The Morgan fingerprint density at radius 1 is 1.23 bits per heavy atom. The van der Waals surface area contributed by atoms with Crippen LogP contribution in [0.15, 0.2) is 29.5 Å². The van der Waals surface area contributed by atoms with Crippen molar-refractivity contribution in [2.75, 3.05) is 32.1 Å². The first-order valence-corrected chi connectivity index (χ1v) is 9.51. The first-order chi connectivity index (χ1) is 10.2. The van der Waals surface area contributed by atoms with Gasteiger partial charge in [0.15, 0.2) is 5.96 Å². The van der Waals surface area contributed by atoms with Gasteiger partial charge in [-0.05, 0) is 24.0 Å². The van der Waals surface area contributed by atoms with Crippen LogP contribution in [-0.4, -0.2) is 51.1 Å². The van der Waals surface area contributed by atoms with E-state index in [1.54, 1.807) is 7.05 Å². The van der Waals surface area contributed by atoms with Gasteiger partial charge in [0, 0.05) is 45.3 Å². The van der Waals surface area contributed by atoms with Gasteiger partial charge in [-0.15, -0.1) is 0 Å². The van der Waals surface area contributed by atoms with Crippen molar-refractivity contribution < 1.29 is 8.42 Å². The maximum atomic E-state index is 11.3. The fourth-order valence-corrected chi connectivity index (χ4v) is 2.84. The van der Waals surface area contributed by atoms with Gasteiger partial charge in [0.2, 0.25) is 0 Å². The third-order valence-corrected chi connectivity index (χ3v) is 4.38. The van der Waals surface area contributed by atoms with Crippen LogP contribution in [0.25, 0.3) is 0 Å². The quantitative estimate of drug-likeness (QED) is 0.554. The van der Waals surface area contributed by atoms with Crippen molar-refractivity contribution in [3.8, 4) is 0 Å².